The summed E-state index contributed by atoms with van der Waals surface area (Å²) in [6.07, 6.45) is 1.84. The first kappa shape index (κ1) is 26.3. The molecule has 1 fully saturated rings. The maximum Gasteiger partial charge on any atom is 0.326 e. The lowest BCUT2D eigenvalue weighted by Crippen LogP contribution is -2.39. The van der Waals surface area contributed by atoms with E-state index in [1.54, 1.807) is 0 Å². The molecule has 1 unspecified atom stereocenters. The molecule has 0 amide bonds. The number of H-pyrrole nitrogens is 1. The molecule has 7 nitrogen and oxygen atoms in total. The van der Waals surface area contributed by atoms with Gasteiger partial charge in [0.25, 0.3) is 0 Å². The number of fused-ring (bicyclic) bond motifs is 1. The number of benzene rings is 3. The predicted molar refractivity (Wildman–Crippen MR) is 162 cm³/mol. The van der Waals surface area contributed by atoms with E-state index in [1.807, 2.05) is 47.0 Å². The number of hydrogen-bond acceptors (Lipinski definition) is 5. The highest BCUT2D eigenvalue weighted by Gasteiger charge is 2.26. The van der Waals surface area contributed by atoms with Crippen molar-refractivity contribution in [1.29, 1.82) is 0 Å². The molecule has 0 saturated carbocycles. The number of imidazole rings is 1. The van der Waals surface area contributed by atoms with Crippen molar-refractivity contribution in [3.05, 3.63) is 106 Å². The van der Waals surface area contributed by atoms with Crippen LogP contribution < -0.4 is 11.0 Å². The Labute approximate surface area is 234 Å². The van der Waals surface area contributed by atoms with Crippen LogP contribution in [-0.4, -0.2) is 44.6 Å². The van der Waals surface area contributed by atoms with Crippen molar-refractivity contribution in [2.45, 2.75) is 51.9 Å². The Morgan fingerprint density at radius 1 is 0.925 bits per heavy atom. The molecule has 7 heteroatoms. The zero-order chi connectivity index (χ0) is 27.6. The average molecular weight is 536 g/mol. The molecule has 0 bridgehead atoms. The van der Waals surface area contributed by atoms with Gasteiger partial charge in [-0.3, -0.25) is 14.5 Å². The minimum absolute atomic E-state index is 0.0125. The fourth-order valence-corrected chi connectivity index (χ4v) is 5.96. The van der Waals surface area contributed by atoms with Gasteiger partial charge in [0.2, 0.25) is 0 Å². The van der Waals surface area contributed by atoms with Crippen LogP contribution in [0.25, 0.3) is 22.4 Å². The van der Waals surface area contributed by atoms with Crippen LogP contribution in [0.5, 0.6) is 0 Å². The number of nitrogens with zero attached hydrogens (tertiary/aromatic N) is 3. The van der Waals surface area contributed by atoms with Crippen LogP contribution in [0, 0.1) is 5.92 Å². The van der Waals surface area contributed by atoms with E-state index in [1.165, 1.54) is 5.56 Å². The fraction of sp³-hybridized carbons (Fsp3) is 0.333. The van der Waals surface area contributed by atoms with Gasteiger partial charge in [0.1, 0.15) is 0 Å². The number of nitrogens with one attached hydrogen (secondary N) is 2. The molecule has 0 aliphatic carbocycles. The first-order chi connectivity index (χ1) is 19.5. The standard InChI is InChI=1S/C33H37N5O2/c1-22(2)20-28-32(39)36-31(30(34-28)24-8-4-3-5-9-24)25-14-12-23(13-15-25)21-37-18-16-26(17-19-37)38-29-11-7-6-10-27(29)35-33(38)40/h3-15,22,26,32,36,39H,16-21H2,1-2H3,(H,35,40). The quantitative estimate of drug-likeness (QED) is 0.296. The third-order valence-corrected chi connectivity index (χ3v) is 7.95. The lowest BCUT2D eigenvalue weighted by molar-refractivity contribution is 0.180. The van der Waals surface area contributed by atoms with E-state index in [4.69, 9.17) is 4.99 Å². The molecule has 2 aliphatic rings. The molecule has 6 rings (SSSR count). The lowest BCUT2D eigenvalue weighted by Gasteiger charge is -2.32. The number of aromatic nitrogens is 2. The molecule has 3 heterocycles. The van der Waals surface area contributed by atoms with Crippen LogP contribution in [0.15, 0.2) is 88.6 Å². The summed E-state index contributed by atoms with van der Waals surface area (Å²) in [5.74, 6) is 0.404. The van der Waals surface area contributed by atoms with E-state index in [2.05, 4.69) is 65.4 Å². The van der Waals surface area contributed by atoms with Crippen LogP contribution in [0.2, 0.25) is 0 Å². The lowest BCUT2D eigenvalue weighted by atomic mass is 9.98. The van der Waals surface area contributed by atoms with Gasteiger partial charge < -0.3 is 15.4 Å². The second-order valence-corrected chi connectivity index (χ2v) is 11.4. The van der Waals surface area contributed by atoms with Gasteiger partial charge in [-0.25, -0.2) is 4.79 Å². The molecular formula is C33H37N5O2. The highest BCUT2D eigenvalue weighted by Crippen LogP contribution is 2.31. The first-order valence-electron chi connectivity index (χ1n) is 14.3. The Kier molecular flexibility index (Phi) is 7.41. The Morgan fingerprint density at radius 3 is 2.35 bits per heavy atom. The third kappa shape index (κ3) is 5.40. The van der Waals surface area contributed by atoms with E-state index < -0.39 is 6.23 Å². The van der Waals surface area contributed by atoms with Crippen molar-refractivity contribution in [2.24, 2.45) is 10.9 Å². The third-order valence-electron chi connectivity index (χ3n) is 7.95. The second kappa shape index (κ2) is 11.3. The molecule has 0 spiro atoms. The summed E-state index contributed by atoms with van der Waals surface area (Å²) >= 11 is 0. The van der Waals surface area contributed by atoms with E-state index in [-0.39, 0.29) is 11.7 Å². The Hall–Kier alpha value is -3.94. The number of aliphatic imine (C=N–C) groups is 1. The van der Waals surface area contributed by atoms with E-state index in [0.717, 1.165) is 78.2 Å². The number of para-hydroxylation sites is 2. The first-order valence-corrected chi connectivity index (χ1v) is 14.3. The van der Waals surface area contributed by atoms with Crippen LogP contribution in [0.1, 0.15) is 55.8 Å². The van der Waals surface area contributed by atoms with Gasteiger partial charge in [-0.1, -0.05) is 80.6 Å². The van der Waals surface area contributed by atoms with Gasteiger partial charge in [-0.05, 0) is 48.4 Å². The fourth-order valence-electron chi connectivity index (χ4n) is 5.96. The summed E-state index contributed by atoms with van der Waals surface area (Å²) in [4.78, 5) is 23.0. The summed E-state index contributed by atoms with van der Waals surface area (Å²) in [6, 6.07) is 26.9. The van der Waals surface area contributed by atoms with Crippen molar-refractivity contribution >= 4 is 28.1 Å². The molecule has 2 aliphatic heterocycles. The largest absolute Gasteiger partial charge is 0.368 e. The van der Waals surface area contributed by atoms with Gasteiger partial charge in [0, 0.05) is 31.2 Å². The number of rotatable bonds is 7. The Morgan fingerprint density at radius 2 is 1.62 bits per heavy atom. The van der Waals surface area contributed by atoms with Gasteiger partial charge in [-0.2, -0.15) is 0 Å². The zero-order valence-corrected chi connectivity index (χ0v) is 23.2. The maximum atomic E-state index is 12.6. The average Bonchev–Trinajstić information content (AvgIpc) is 3.31. The minimum atomic E-state index is -0.796. The molecule has 1 saturated heterocycles. The van der Waals surface area contributed by atoms with Crippen LogP contribution in [0.4, 0.5) is 0 Å². The van der Waals surface area contributed by atoms with Crippen molar-refractivity contribution < 1.29 is 5.11 Å². The second-order valence-electron chi connectivity index (χ2n) is 11.4. The van der Waals surface area contributed by atoms with Gasteiger partial charge >= 0.3 is 5.69 Å². The number of aliphatic hydroxyl groups is 1. The molecule has 3 aromatic carbocycles. The normalized spacial score (nSPS) is 18.8. The summed E-state index contributed by atoms with van der Waals surface area (Å²) in [5, 5.41) is 14.2. The molecular weight excluding hydrogens is 498 g/mol. The molecule has 1 atom stereocenters. The Bertz CT molecular complexity index is 1590. The number of likely N-dealkylation sites (tertiary alicyclic amines) is 1. The van der Waals surface area contributed by atoms with Crippen LogP contribution >= 0.6 is 0 Å². The molecule has 4 aromatic rings. The van der Waals surface area contributed by atoms with Gasteiger partial charge in [-0.15, -0.1) is 0 Å². The van der Waals surface area contributed by atoms with Gasteiger partial charge in [0.15, 0.2) is 6.23 Å². The number of aromatic amines is 1. The van der Waals surface area contributed by atoms with E-state index in [0.29, 0.717) is 5.92 Å². The monoisotopic (exact) mass is 535 g/mol. The van der Waals surface area contributed by atoms with Crippen LogP contribution in [0.3, 0.4) is 0 Å². The highest BCUT2D eigenvalue weighted by molar-refractivity contribution is 6.03. The minimum Gasteiger partial charge on any atom is -0.368 e. The summed E-state index contributed by atoms with van der Waals surface area (Å²) in [5.41, 5.74) is 7.65. The van der Waals surface area contributed by atoms with Gasteiger partial charge in [0.05, 0.1) is 28.1 Å². The van der Waals surface area contributed by atoms with Crippen molar-refractivity contribution in [3.8, 4) is 0 Å². The van der Waals surface area contributed by atoms with Crippen molar-refractivity contribution in [3.63, 3.8) is 0 Å². The summed E-state index contributed by atoms with van der Waals surface area (Å²) in [6.45, 7) is 7.04. The molecule has 0 radical (unpaired) electrons. The maximum absolute atomic E-state index is 12.6. The number of piperidine rings is 1. The SMILES string of the molecule is CC(C)CC1=NC(c2ccccc2)=C(c2ccc(CN3CCC(n4c(=O)[nH]c5ccccc54)CC3)cc2)NC1O. The molecule has 40 heavy (non-hydrogen) atoms. The topological polar surface area (TPSA) is 85.7 Å². The van der Waals surface area contributed by atoms with Crippen LogP contribution in [-0.2, 0) is 6.54 Å². The van der Waals surface area contributed by atoms with Crippen molar-refractivity contribution in [2.75, 3.05) is 13.1 Å². The zero-order valence-electron chi connectivity index (χ0n) is 23.2. The van der Waals surface area contributed by atoms with Crippen molar-refractivity contribution in [1.82, 2.24) is 19.8 Å². The molecule has 3 N–H and O–H groups in total. The summed E-state index contributed by atoms with van der Waals surface area (Å²) in [7, 11) is 0. The van der Waals surface area contributed by atoms with E-state index in [9.17, 15) is 9.90 Å². The van der Waals surface area contributed by atoms with E-state index >= 15 is 0 Å². The predicted octanol–water partition coefficient (Wildman–Crippen LogP) is 5.40. The number of hydrogen-bond donors (Lipinski definition) is 3. The molecule has 1 aromatic heterocycles. The highest BCUT2D eigenvalue weighted by atomic mass is 16.3. The smallest absolute Gasteiger partial charge is 0.326 e. The number of aliphatic hydroxyl groups excluding tert-OH is 1. The summed E-state index contributed by atoms with van der Waals surface area (Å²) < 4.78 is 1.94. The molecule has 206 valence electrons. The Balaban J connectivity index is 1.17.